The second-order valence-corrected chi connectivity index (χ2v) is 5.51. The summed E-state index contributed by atoms with van der Waals surface area (Å²) in [5.74, 6) is 0.548. The molecule has 20 heavy (non-hydrogen) atoms. The minimum atomic E-state index is -0.779. The molecule has 2 aromatic carbocycles. The highest BCUT2D eigenvalue weighted by molar-refractivity contribution is 6.31. The zero-order chi connectivity index (χ0) is 14.3. The summed E-state index contributed by atoms with van der Waals surface area (Å²) in [5.41, 5.74) is 3.68. The summed E-state index contributed by atoms with van der Waals surface area (Å²) in [6, 6.07) is 13.3. The third kappa shape index (κ3) is 2.33. The summed E-state index contributed by atoms with van der Waals surface area (Å²) in [5, 5.41) is 12.1. The van der Waals surface area contributed by atoms with Gasteiger partial charge in [0, 0.05) is 10.4 Å². The Kier molecular flexibility index (Phi) is 3.28. The molecular weight excluding hydrogens is 272 g/mol. The summed E-state index contributed by atoms with van der Waals surface area (Å²) in [4.78, 5) is 0. The van der Waals surface area contributed by atoms with E-state index in [1.807, 2.05) is 50.2 Å². The zero-order valence-corrected chi connectivity index (χ0v) is 12.1. The Balaban J connectivity index is 2.02. The highest BCUT2D eigenvalue weighted by Crippen LogP contribution is 2.30. The van der Waals surface area contributed by atoms with Crippen molar-refractivity contribution in [3.63, 3.8) is 0 Å². The Morgan fingerprint density at radius 2 is 1.85 bits per heavy atom. The molecule has 0 saturated carbocycles. The highest BCUT2D eigenvalue weighted by atomic mass is 35.5. The van der Waals surface area contributed by atoms with Gasteiger partial charge in [-0.15, -0.1) is 0 Å². The van der Waals surface area contributed by atoms with Crippen molar-refractivity contribution in [1.29, 1.82) is 0 Å². The monoisotopic (exact) mass is 286 g/mol. The van der Waals surface area contributed by atoms with Crippen molar-refractivity contribution >= 4 is 22.6 Å². The molecule has 0 saturated heterocycles. The van der Waals surface area contributed by atoms with Crippen LogP contribution in [0, 0.1) is 13.8 Å². The van der Waals surface area contributed by atoms with E-state index in [2.05, 4.69) is 0 Å². The van der Waals surface area contributed by atoms with E-state index in [-0.39, 0.29) is 0 Å². The van der Waals surface area contributed by atoms with Crippen molar-refractivity contribution in [3.05, 3.63) is 69.9 Å². The average Bonchev–Trinajstić information content (AvgIpc) is 2.84. The lowest BCUT2D eigenvalue weighted by atomic mass is 10.0. The van der Waals surface area contributed by atoms with Crippen LogP contribution in [0.1, 0.15) is 28.6 Å². The van der Waals surface area contributed by atoms with Crippen LogP contribution in [0.3, 0.4) is 0 Å². The fourth-order valence-electron chi connectivity index (χ4n) is 2.32. The van der Waals surface area contributed by atoms with Crippen molar-refractivity contribution in [2.45, 2.75) is 20.0 Å². The van der Waals surface area contributed by atoms with E-state index >= 15 is 0 Å². The number of aliphatic hydroxyl groups excluding tert-OH is 1. The molecule has 1 N–H and O–H groups in total. The Morgan fingerprint density at radius 3 is 2.60 bits per heavy atom. The lowest BCUT2D eigenvalue weighted by Gasteiger charge is -2.09. The summed E-state index contributed by atoms with van der Waals surface area (Å²) in [6.07, 6.45) is -0.779. The molecule has 3 heteroatoms. The maximum atomic E-state index is 10.4. The van der Waals surface area contributed by atoms with Gasteiger partial charge in [-0.1, -0.05) is 35.4 Å². The molecule has 2 nitrogen and oxygen atoms in total. The molecule has 1 heterocycles. The van der Waals surface area contributed by atoms with E-state index in [0.717, 1.165) is 22.1 Å². The van der Waals surface area contributed by atoms with E-state index in [1.165, 1.54) is 5.56 Å². The molecule has 102 valence electrons. The van der Waals surface area contributed by atoms with Crippen LogP contribution in [0.15, 0.2) is 46.9 Å². The second-order valence-electron chi connectivity index (χ2n) is 5.10. The number of hydrogen-bond acceptors (Lipinski definition) is 2. The molecule has 0 radical (unpaired) electrons. The number of rotatable bonds is 2. The standard InChI is InChI=1S/C17H15ClO2/c1-10-3-6-15-13(7-10)9-16(20-15)17(19)12-4-5-14(18)11(2)8-12/h3-9,17,19H,1-2H3. The third-order valence-electron chi connectivity index (χ3n) is 3.46. The van der Waals surface area contributed by atoms with Crippen LogP contribution in [-0.4, -0.2) is 5.11 Å². The number of aryl methyl sites for hydroxylation is 2. The van der Waals surface area contributed by atoms with Crippen molar-refractivity contribution in [2.24, 2.45) is 0 Å². The average molecular weight is 287 g/mol. The van der Waals surface area contributed by atoms with Gasteiger partial charge < -0.3 is 9.52 Å². The van der Waals surface area contributed by atoms with Crippen LogP contribution in [0.2, 0.25) is 5.02 Å². The first-order valence-corrected chi connectivity index (χ1v) is 6.86. The van der Waals surface area contributed by atoms with Gasteiger partial charge in [0.05, 0.1) is 0 Å². The van der Waals surface area contributed by atoms with Gasteiger partial charge in [-0.2, -0.15) is 0 Å². The van der Waals surface area contributed by atoms with Crippen LogP contribution in [0.4, 0.5) is 0 Å². The first kappa shape index (κ1) is 13.2. The predicted octanol–water partition coefficient (Wildman–Crippen LogP) is 4.78. The van der Waals surface area contributed by atoms with Crippen molar-refractivity contribution in [3.8, 4) is 0 Å². The summed E-state index contributed by atoms with van der Waals surface area (Å²) in [7, 11) is 0. The van der Waals surface area contributed by atoms with Crippen LogP contribution in [0.5, 0.6) is 0 Å². The van der Waals surface area contributed by atoms with Gasteiger partial charge >= 0.3 is 0 Å². The molecule has 0 aliphatic heterocycles. The molecule has 0 fully saturated rings. The fraction of sp³-hybridized carbons (Fsp3) is 0.176. The molecule has 3 aromatic rings. The van der Waals surface area contributed by atoms with Crippen LogP contribution < -0.4 is 0 Å². The maximum absolute atomic E-state index is 10.4. The van der Waals surface area contributed by atoms with Gasteiger partial charge in [0.2, 0.25) is 0 Å². The topological polar surface area (TPSA) is 33.4 Å². The normalized spacial score (nSPS) is 12.8. The van der Waals surface area contributed by atoms with Crippen molar-refractivity contribution in [2.75, 3.05) is 0 Å². The van der Waals surface area contributed by atoms with Crippen LogP contribution in [0.25, 0.3) is 11.0 Å². The van der Waals surface area contributed by atoms with E-state index in [1.54, 1.807) is 6.07 Å². The maximum Gasteiger partial charge on any atom is 0.138 e. The van der Waals surface area contributed by atoms with Gasteiger partial charge in [-0.25, -0.2) is 0 Å². The van der Waals surface area contributed by atoms with Gasteiger partial charge in [0.15, 0.2) is 0 Å². The number of halogens is 1. The molecule has 0 bridgehead atoms. The van der Waals surface area contributed by atoms with Crippen LogP contribution in [-0.2, 0) is 0 Å². The first-order chi connectivity index (χ1) is 9.54. The summed E-state index contributed by atoms with van der Waals surface area (Å²) < 4.78 is 5.73. The zero-order valence-electron chi connectivity index (χ0n) is 11.4. The molecule has 0 amide bonds. The first-order valence-electron chi connectivity index (χ1n) is 6.49. The molecule has 1 aromatic heterocycles. The van der Waals surface area contributed by atoms with Gasteiger partial charge in [-0.3, -0.25) is 0 Å². The predicted molar refractivity (Wildman–Crippen MR) is 81.2 cm³/mol. The number of benzene rings is 2. The minimum Gasteiger partial charge on any atom is -0.458 e. The van der Waals surface area contributed by atoms with Crippen LogP contribution >= 0.6 is 11.6 Å². The van der Waals surface area contributed by atoms with E-state index in [0.29, 0.717) is 10.8 Å². The summed E-state index contributed by atoms with van der Waals surface area (Å²) in [6.45, 7) is 3.95. The lowest BCUT2D eigenvalue weighted by molar-refractivity contribution is 0.192. The Morgan fingerprint density at radius 1 is 1.05 bits per heavy atom. The minimum absolute atomic E-state index is 0.548. The van der Waals surface area contributed by atoms with Gasteiger partial charge in [-0.05, 0) is 49.2 Å². The molecule has 1 atom stereocenters. The number of aliphatic hydroxyl groups is 1. The summed E-state index contributed by atoms with van der Waals surface area (Å²) >= 11 is 6.01. The fourth-order valence-corrected chi connectivity index (χ4v) is 2.44. The smallest absolute Gasteiger partial charge is 0.138 e. The largest absolute Gasteiger partial charge is 0.458 e. The number of fused-ring (bicyclic) bond motifs is 1. The molecule has 0 aliphatic rings. The van der Waals surface area contributed by atoms with Gasteiger partial charge in [0.25, 0.3) is 0 Å². The molecule has 0 aliphatic carbocycles. The lowest BCUT2D eigenvalue weighted by Crippen LogP contribution is -1.98. The Hall–Kier alpha value is -1.77. The highest BCUT2D eigenvalue weighted by Gasteiger charge is 2.16. The SMILES string of the molecule is Cc1ccc2oc(C(O)c3ccc(Cl)c(C)c3)cc2c1. The van der Waals surface area contributed by atoms with Crippen molar-refractivity contribution in [1.82, 2.24) is 0 Å². The van der Waals surface area contributed by atoms with Crippen molar-refractivity contribution < 1.29 is 9.52 Å². The van der Waals surface area contributed by atoms with E-state index < -0.39 is 6.10 Å². The number of hydrogen-bond donors (Lipinski definition) is 1. The molecule has 0 spiro atoms. The van der Waals surface area contributed by atoms with E-state index in [9.17, 15) is 5.11 Å². The molecular formula is C17H15ClO2. The van der Waals surface area contributed by atoms with E-state index in [4.69, 9.17) is 16.0 Å². The number of furan rings is 1. The molecule has 1 unspecified atom stereocenters. The second kappa shape index (κ2) is 4.97. The molecule has 3 rings (SSSR count). The Bertz CT molecular complexity index is 774. The third-order valence-corrected chi connectivity index (χ3v) is 3.88. The van der Waals surface area contributed by atoms with Gasteiger partial charge in [0.1, 0.15) is 17.4 Å². The quantitative estimate of drug-likeness (QED) is 0.735. The Labute approximate surface area is 122 Å².